The summed E-state index contributed by atoms with van der Waals surface area (Å²) < 4.78 is 13.5. The van der Waals surface area contributed by atoms with Crippen LogP contribution in [0.1, 0.15) is 40.3 Å². The third-order valence-corrected chi connectivity index (χ3v) is 8.00. The molecule has 1 aliphatic heterocycles. The van der Waals surface area contributed by atoms with Gasteiger partial charge in [0.1, 0.15) is 11.5 Å². The minimum absolute atomic E-state index is 0.0310. The van der Waals surface area contributed by atoms with Crippen molar-refractivity contribution >= 4 is 23.1 Å². The second-order valence-corrected chi connectivity index (χ2v) is 10.1. The van der Waals surface area contributed by atoms with Crippen LogP contribution in [0.15, 0.2) is 82.1 Å². The van der Waals surface area contributed by atoms with Crippen LogP contribution >= 0.6 is 11.3 Å². The zero-order valence-electron chi connectivity index (χ0n) is 20.4. The molecule has 0 unspecified atom stereocenters. The van der Waals surface area contributed by atoms with E-state index in [1.807, 2.05) is 54.0 Å². The number of thiazole rings is 1. The molecule has 1 atom stereocenters. The first-order valence-corrected chi connectivity index (χ1v) is 12.8. The monoisotopic (exact) mass is 494 g/mol. The van der Waals surface area contributed by atoms with Crippen LogP contribution in [0.2, 0.25) is 0 Å². The van der Waals surface area contributed by atoms with E-state index in [0.717, 1.165) is 52.3 Å². The van der Waals surface area contributed by atoms with Gasteiger partial charge in [0.15, 0.2) is 4.80 Å². The summed E-state index contributed by atoms with van der Waals surface area (Å²) in [6.45, 7) is 2.01. The molecule has 1 aliphatic carbocycles. The maximum absolute atomic E-state index is 13.9. The highest BCUT2D eigenvalue weighted by Gasteiger charge is 2.32. The molecule has 3 aromatic carbocycles. The van der Waals surface area contributed by atoms with Crippen LogP contribution in [0, 0.1) is 6.92 Å². The number of rotatable bonds is 4. The number of allylic oxidation sites excluding steroid dienone is 1. The number of hydrogen-bond donors (Lipinski definition) is 0. The Morgan fingerprint density at radius 3 is 2.69 bits per heavy atom. The highest BCUT2D eigenvalue weighted by Crippen LogP contribution is 2.41. The molecule has 0 spiro atoms. The Hall–Kier alpha value is -3.90. The summed E-state index contributed by atoms with van der Waals surface area (Å²) in [4.78, 5) is 19.7. The standard InChI is InChI=1S/C30H26N2O3S/c1-18-11-12-19(15-25(18)35-3)16-26-29(33)32-28(21-8-6-9-22(17-21)34-2)24-14-13-20-7-4-5-10-23(20)27(24)31-30(32)36-26/h4-12,15-17,28H,13-14H2,1-3H3/b26-16+/t28-/m0/s1. The quantitative estimate of drug-likeness (QED) is 0.415. The van der Waals surface area contributed by atoms with E-state index in [1.165, 1.54) is 22.5 Å². The van der Waals surface area contributed by atoms with Crippen LogP contribution in [-0.4, -0.2) is 18.8 Å². The number of ether oxygens (including phenoxy) is 2. The lowest BCUT2D eigenvalue weighted by Crippen LogP contribution is -2.38. The Balaban J connectivity index is 1.61. The summed E-state index contributed by atoms with van der Waals surface area (Å²) in [6.07, 6.45) is 3.72. The van der Waals surface area contributed by atoms with Crippen molar-refractivity contribution in [2.24, 2.45) is 4.99 Å². The smallest absolute Gasteiger partial charge is 0.271 e. The molecule has 2 aliphatic rings. The van der Waals surface area contributed by atoms with E-state index in [9.17, 15) is 4.79 Å². The predicted molar refractivity (Wildman–Crippen MR) is 143 cm³/mol. The largest absolute Gasteiger partial charge is 0.497 e. The number of methoxy groups -OCH3 is 2. The summed E-state index contributed by atoms with van der Waals surface area (Å²) in [5, 5.41) is 0. The fraction of sp³-hybridized carbons (Fsp3) is 0.200. The van der Waals surface area contributed by atoms with Crippen LogP contribution < -0.4 is 24.4 Å². The summed E-state index contributed by atoms with van der Waals surface area (Å²) in [6, 6.07) is 22.2. The highest BCUT2D eigenvalue weighted by atomic mass is 32.1. The van der Waals surface area contributed by atoms with Crippen molar-refractivity contribution in [3.05, 3.63) is 120 Å². The molecule has 6 rings (SSSR count). The highest BCUT2D eigenvalue weighted by molar-refractivity contribution is 7.07. The molecule has 0 fully saturated rings. The first-order valence-electron chi connectivity index (χ1n) is 12.0. The Morgan fingerprint density at radius 2 is 1.86 bits per heavy atom. The van der Waals surface area contributed by atoms with Gasteiger partial charge in [0.2, 0.25) is 0 Å². The van der Waals surface area contributed by atoms with Gasteiger partial charge in [-0.3, -0.25) is 9.36 Å². The van der Waals surface area contributed by atoms with E-state index in [0.29, 0.717) is 9.33 Å². The molecule has 0 bridgehead atoms. The first-order chi connectivity index (χ1) is 17.6. The third-order valence-electron chi connectivity index (χ3n) is 7.01. The first kappa shape index (κ1) is 22.6. The molecule has 0 N–H and O–H groups in total. The third kappa shape index (κ3) is 3.69. The van der Waals surface area contributed by atoms with Crippen molar-refractivity contribution in [2.45, 2.75) is 25.8 Å². The van der Waals surface area contributed by atoms with Gasteiger partial charge in [-0.2, -0.15) is 0 Å². The number of hydrogen-bond acceptors (Lipinski definition) is 5. The van der Waals surface area contributed by atoms with Crippen molar-refractivity contribution in [2.75, 3.05) is 14.2 Å². The molecule has 0 saturated carbocycles. The molecular weight excluding hydrogens is 468 g/mol. The Morgan fingerprint density at radius 1 is 1.00 bits per heavy atom. The topological polar surface area (TPSA) is 52.8 Å². The van der Waals surface area contributed by atoms with Crippen molar-refractivity contribution in [3.8, 4) is 11.5 Å². The summed E-state index contributed by atoms with van der Waals surface area (Å²) >= 11 is 1.44. The fourth-order valence-electron chi connectivity index (χ4n) is 5.21. The van der Waals surface area contributed by atoms with E-state index >= 15 is 0 Å². The van der Waals surface area contributed by atoms with Crippen LogP contribution in [-0.2, 0) is 6.42 Å². The average Bonchev–Trinajstić information content (AvgIpc) is 3.22. The fourth-order valence-corrected chi connectivity index (χ4v) is 6.21. The van der Waals surface area contributed by atoms with E-state index < -0.39 is 0 Å². The van der Waals surface area contributed by atoms with E-state index in [-0.39, 0.29) is 11.6 Å². The van der Waals surface area contributed by atoms with Gasteiger partial charge < -0.3 is 9.47 Å². The van der Waals surface area contributed by atoms with E-state index in [4.69, 9.17) is 14.5 Å². The minimum atomic E-state index is -0.227. The summed E-state index contributed by atoms with van der Waals surface area (Å²) in [5.41, 5.74) is 7.61. The number of aromatic nitrogens is 1. The van der Waals surface area contributed by atoms with Crippen molar-refractivity contribution in [1.82, 2.24) is 4.57 Å². The van der Waals surface area contributed by atoms with Crippen LogP contribution in [0.25, 0.3) is 11.8 Å². The van der Waals surface area contributed by atoms with Gasteiger partial charge in [-0.05, 0) is 71.9 Å². The molecule has 36 heavy (non-hydrogen) atoms. The molecule has 180 valence electrons. The van der Waals surface area contributed by atoms with Gasteiger partial charge >= 0.3 is 0 Å². The van der Waals surface area contributed by atoms with Gasteiger partial charge in [-0.25, -0.2) is 4.99 Å². The molecule has 4 aromatic rings. The van der Waals surface area contributed by atoms with Crippen LogP contribution in [0.5, 0.6) is 11.5 Å². The minimum Gasteiger partial charge on any atom is -0.497 e. The predicted octanol–water partition coefficient (Wildman–Crippen LogP) is 4.64. The summed E-state index contributed by atoms with van der Waals surface area (Å²) in [7, 11) is 3.33. The van der Waals surface area contributed by atoms with Gasteiger partial charge in [0, 0.05) is 5.56 Å². The number of fused-ring (bicyclic) bond motifs is 3. The van der Waals surface area contributed by atoms with E-state index in [2.05, 4.69) is 30.3 Å². The van der Waals surface area contributed by atoms with Gasteiger partial charge in [-0.1, -0.05) is 59.9 Å². The van der Waals surface area contributed by atoms with Gasteiger partial charge in [0.25, 0.3) is 5.56 Å². The lowest BCUT2D eigenvalue weighted by molar-refractivity contribution is 0.411. The molecule has 5 nitrogen and oxygen atoms in total. The Labute approximate surface area is 213 Å². The lowest BCUT2D eigenvalue weighted by atomic mass is 9.83. The Bertz CT molecular complexity index is 1710. The van der Waals surface area contributed by atoms with Crippen molar-refractivity contribution in [1.29, 1.82) is 0 Å². The maximum atomic E-state index is 13.9. The Kier molecular flexibility index (Phi) is 5.61. The van der Waals surface area contributed by atoms with E-state index in [1.54, 1.807) is 14.2 Å². The molecule has 2 heterocycles. The molecule has 0 saturated heterocycles. The molecular formula is C30H26N2O3S. The maximum Gasteiger partial charge on any atom is 0.271 e. The molecule has 0 amide bonds. The van der Waals surface area contributed by atoms with Gasteiger partial charge in [0.05, 0.1) is 30.5 Å². The number of aryl methyl sites for hydroxylation is 2. The van der Waals surface area contributed by atoms with Gasteiger partial charge in [-0.15, -0.1) is 0 Å². The average molecular weight is 495 g/mol. The number of benzene rings is 3. The molecule has 0 radical (unpaired) electrons. The number of nitrogens with zero attached hydrogens (tertiary/aromatic N) is 2. The molecule has 1 aromatic heterocycles. The lowest BCUT2D eigenvalue weighted by Gasteiger charge is -2.31. The zero-order chi connectivity index (χ0) is 24.8. The second kappa shape index (κ2) is 8.95. The SMILES string of the molecule is COc1cccc([C@H]2C3=C(N=c4s/c(=C/c5ccc(C)c(OC)c5)c(=O)n42)c2ccccc2CC3)c1. The summed E-state index contributed by atoms with van der Waals surface area (Å²) in [5.74, 6) is 1.58. The normalized spacial score (nSPS) is 16.6. The van der Waals surface area contributed by atoms with Crippen LogP contribution in [0.4, 0.5) is 0 Å². The molecule has 6 heteroatoms. The van der Waals surface area contributed by atoms with Crippen molar-refractivity contribution < 1.29 is 9.47 Å². The van der Waals surface area contributed by atoms with Crippen LogP contribution in [0.3, 0.4) is 0 Å². The zero-order valence-corrected chi connectivity index (χ0v) is 21.3. The van der Waals surface area contributed by atoms with Crippen molar-refractivity contribution in [3.63, 3.8) is 0 Å². The second-order valence-electron chi connectivity index (χ2n) is 9.12.